The number of aliphatic hydroxyl groups is 2. The van der Waals surface area contributed by atoms with Crippen LogP contribution in [0.4, 0.5) is 8.78 Å². The molecular formula is C64H98F2N4O2. The van der Waals surface area contributed by atoms with Crippen LogP contribution in [0.5, 0.6) is 0 Å². The Bertz CT molecular complexity index is 1750. The standard InChI is InChI=1S/C23H30FN.C23H31NO.C9H18FN.C9H19NO/c24-23(16-20-10-4-1-5-11-20)19-25(17-21-12-6-2-7-13-21)18-22-14-8-3-9-15-22;25-19-23(16-20-10-4-1-5-11-20)24(17-21-12-6-2-7-13-21)18-22-14-8-3-9-15-22;2*10-9(7-11)6-8-4-2-1-3-5-8/h2-3,6-9,12-15,20,23H,1,4-5,10-11,16-19H2;2-3,6-9,12-15,20,23,25H,1,4-5,10-11,16-19H2;8-9H,1-7,11H2;8-9,11H,1-7,10H2/t;23-;;9-/m.0.1/s1. The van der Waals surface area contributed by atoms with Crippen LogP contribution < -0.4 is 11.5 Å². The highest BCUT2D eigenvalue weighted by Crippen LogP contribution is 2.32. The predicted molar refractivity (Wildman–Crippen MR) is 299 cm³/mol. The SMILES string of the molecule is FC(CC1CCCCC1)CN(Cc1ccccc1)Cc1ccccc1.NCC(F)CC1CCCCC1.N[C@@H](CO)CC1CCCCC1.OC[C@H](CC1CCCCC1)N(Cc1ccccc1)Cc1ccccc1. The number of hydrogen-bond acceptors (Lipinski definition) is 6. The van der Waals surface area contributed by atoms with E-state index in [1.54, 1.807) is 0 Å². The number of aliphatic hydroxyl groups excluding tert-OH is 2. The summed E-state index contributed by atoms with van der Waals surface area (Å²) in [6.07, 6.45) is 28.4. The van der Waals surface area contributed by atoms with Gasteiger partial charge in [0.2, 0.25) is 0 Å². The topological polar surface area (TPSA) is 99.0 Å². The molecule has 4 aromatic carbocycles. The quantitative estimate of drug-likeness (QED) is 0.0626. The lowest BCUT2D eigenvalue weighted by molar-refractivity contribution is 0.0846. The molecule has 0 saturated heterocycles. The third-order valence-corrected chi connectivity index (χ3v) is 15.9. The van der Waals surface area contributed by atoms with Crippen LogP contribution >= 0.6 is 0 Å². The van der Waals surface area contributed by atoms with E-state index >= 15 is 0 Å². The molecule has 4 aliphatic carbocycles. The first-order chi connectivity index (χ1) is 35.3. The van der Waals surface area contributed by atoms with Gasteiger partial charge in [0.1, 0.15) is 12.3 Å². The molecule has 6 N–H and O–H groups in total. The van der Waals surface area contributed by atoms with Crippen molar-refractivity contribution in [2.75, 3.05) is 26.3 Å². The molecule has 72 heavy (non-hydrogen) atoms. The lowest BCUT2D eigenvalue weighted by Crippen LogP contribution is -2.38. The van der Waals surface area contributed by atoms with Gasteiger partial charge in [-0.3, -0.25) is 9.80 Å². The van der Waals surface area contributed by atoms with Crippen molar-refractivity contribution in [2.45, 2.75) is 205 Å². The van der Waals surface area contributed by atoms with Crippen molar-refractivity contribution in [3.05, 3.63) is 144 Å². The highest BCUT2D eigenvalue weighted by Gasteiger charge is 2.25. The van der Waals surface area contributed by atoms with E-state index in [0.29, 0.717) is 24.8 Å². The van der Waals surface area contributed by atoms with E-state index in [9.17, 15) is 13.9 Å². The Morgan fingerprint density at radius 2 is 0.736 bits per heavy atom. The number of halogens is 2. The summed E-state index contributed by atoms with van der Waals surface area (Å²) >= 11 is 0. The van der Waals surface area contributed by atoms with Gasteiger partial charge in [-0.05, 0) is 71.6 Å². The summed E-state index contributed by atoms with van der Waals surface area (Å²) in [7, 11) is 0. The van der Waals surface area contributed by atoms with E-state index in [0.717, 1.165) is 57.3 Å². The van der Waals surface area contributed by atoms with Gasteiger partial charge in [0.25, 0.3) is 0 Å². The van der Waals surface area contributed by atoms with E-state index in [4.69, 9.17) is 16.6 Å². The highest BCUT2D eigenvalue weighted by molar-refractivity contribution is 5.19. The van der Waals surface area contributed by atoms with Crippen molar-refractivity contribution >= 4 is 0 Å². The third-order valence-electron chi connectivity index (χ3n) is 15.9. The smallest absolute Gasteiger partial charge is 0.113 e. The average Bonchev–Trinajstić information content (AvgIpc) is 3.43. The van der Waals surface area contributed by atoms with Crippen molar-refractivity contribution in [3.8, 4) is 0 Å². The van der Waals surface area contributed by atoms with Crippen LogP contribution in [0.15, 0.2) is 121 Å². The van der Waals surface area contributed by atoms with Crippen LogP contribution in [-0.4, -0.2) is 70.7 Å². The van der Waals surface area contributed by atoms with Crippen molar-refractivity contribution < 1.29 is 19.0 Å². The van der Waals surface area contributed by atoms with Crippen molar-refractivity contribution in [1.82, 2.24) is 9.80 Å². The van der Waals surface area contributed by atoms with Gasteiger partial charge in [0.15, 0.2) is 0 Å². The predicted octanol–water partition coefficient (Wildman–Crippen LogP) is 14.5. The molecule has 8 heteroatoms. The zero-order valence-electron chi connectivity index (χ0n) is 44.5. The van der Waals surface area contributed by atoms with Gasteiger partial charge < -0.3 is 21.7 Å². The zero-order valence-corrected chi connectivity index (χ0v) is 44.5. The molecule has 4 saturated carbocycles. The fourth-order valence-corrected chi connectivity index (χ4v) is 11.9. The normalized spacial score (nSPS) is 18.9. The van der Waals surface area contributed by atoms with Gasteiger partial charge in [0.05, 0.1) is 13.2 Å². The van der Waals surface area contributed by atoms with Crippen LogP contribution in [-0.2, 0) is 26.2 Å². The van der Waals surface area contributed by atoms with E-state index in [2.05, 4.69) is 119 Å². The Balaban J connectivity index is 0.000000191. The summed E-state index contributed by atoms with van der Waals surface area (Å²) in [6.45, 7) is 4.53. The molecule has 2 unspecified atom stereocenters. The molecule has 0 aromatic heterocycles. The van der Waals surface area contributed by atoms with Gasteiger partial charge in [-0.15, -0.1) is 0 Å². The number of benzene rings is 4. The fraction of sp³-hybridized carbons (Fsp3) is 0.625. The third kappa shape index (κ3) is 25.2. The van der Waals surface area contributed by atoms with Gasteiger partial charge in [-0.1, -0.05) is 250 Å². The molecule has 4 aromatic rings. The lowest BCUT2D eigenvalue weighted by Gasteiger charge is -2.34. The summed E-state index contributed by atoms with van der Waals surface area (Å²) in [5.41, 5.74) is 16.0. The van der Waals surface area contributed by atoms with Gasteiger partial charge in [-0.2, -0.15) is 0 Å². The van der Waals surface area contributed by atoms with E-state index < -0.39 is 12.3 Å². The number of nitrogens with zero attached hydrogens (tertiary/aromatic N) is 2. The summed E-state index contributed by atoms with van der Waals surface area (Å²) in [4.78, 5) is 4.73. The molecule has 0 bridgehead atoms. The van der Waals surface area contributed by atoms with Crippen LogP contribution in [0.3, 0.4) is 0 Å². The van der Waals surface area contributed by atoms with E-state index in [-0.39, 0.29) is 31.8 Å². The number of alkyl halides is 2. The molecule has 4 aliphatic rings. The summed E-state index contributed by atoms with van der Waals surface area (Å²) in [5, 5.41) is 18.9. The molecule has 6 nitrogen and oxygen atoms in total. The largest absolute Gasteiger partial charge is 0.395 e. The molecule has 0 spiro atoms. The first kappa shape index (κ1) is 59.4. The maximum absolute atomic E-state index is 14.8. The molecule has 4 fully saturated rings. The van der Waals surface area contributed by atoms with E-state index in [1.165, 1.54) is 151 Å². The van der Waals surface area contributed by atoms with E-state index in [1.807, 2.05) is 12.1 Å². The minimum atomic E-state index is -0.752. The first-order valence-corrected chi connectivity index (χ1v) is 28.9. The lowest BCUT2D eigenvalue weighted by atomic mass is 9.84. The Morgan fingerprint density at radius 3 is 1.07 bits per heavy atom. The minimum Gasteiger partial charge on any atom is -0.395 e. The second-order valence-corrected chi connectivity index (χ2v) is 22.2. The number of rotatable bonds is 22. The molecule has 400 valence electrons. The molecule has 0 amide bonds. The Labute approximate surface area is 436 Å². The number of nitrogens with two attached hydrogens (primary N) is 2. The average molecular weight is 994 g/mol. The maximum atomic E-state index is 14.8. The second-order valence-electron chi connectivity index (χ2n) is 22.2. The van der Waals surface area contributed by atoms with Gasteiger partial charge in [0, 0.05) is 51.4 Å². The second kappa shape index (κ2) is 36.4. The molecule has 0 aliphatic heterocycles. The minimum absolute atomic E-state index is 0.0260. The molecule has 8 rings (SSSR count). The van der Waals surface area contributed by atoms with Crippen LogP contribution in [0.1, 0.15) is 176 Å². The van der Waals surface area contributed by atoms with Crippen LogP contribution in [0, 0.1) is 23.7 Å². The Kier molecular flexibility index (Phi) is 30.1. The maximum Gasteiger partial charge on any atom is 0.113 e. The number of hydrogen-bond donors (Lipinski definition) is 4. The van der Waals surface area contributed by atoms with Crippen LogP contribution in [0.2, 0.25) is 0 Å². The first-order valence-electron chi connectivity index (χ1n) is 28.9. The molecule has 0 radical (unpaired) electrons. The summed E-state index contributed by atoms with van der Waals surface area (Å²) < 4.78 is 27.6. The van der Waals surface area contributed by atoms with Gasteiger partial charge in [-0.25, -0.2) is 8.78 Å². The fourth-order valence-electron chi connectivity index (χ4n) is 11.9. The zero-order chi connectivity index (χ0) is 50.9. The Hall–Kier alpha value is -3.50. The van der Waals surface area contributed by atoms with Crippen molar-refractivity contribution in [3.63, 3.8) is 0 Å². The Morgan fingerprint density at radius 1 is 0.417 bits per heavy atom. The monoisotopic (exact) mass is 993 g/mol. The van der Waals surface area contributed by atoms with Crippen molar-refractivity contribution in [1.29, 1.82) is 0 Å². The summed E-state index contributed by atoms with van der Waals surface area (Å²) in [5.74, 6) is 2.80. The highest BCUT2D eigenvalue weighted by atomic mass is 19.1. The van der Waals surface area contributed by atoms with Crippen LogP contribution in [0.25, 0.3) is 0 Å². The molecule has 0 heterocycles. The summed E-state index contributed by atoms with van der Waals surface area (Å²) in [6, 6.07) is 42.4. The molecule has 4 atom stereocenters. The van der Waals surface area contributed by atoms with Gasteiger partial charge >= 0.3 is 0 Å². The van der Waals surface area contributed by atoms with Crippen molar-refractivity contribution in [2.24, 2.45) is 35.1 Å². The molecular weight excluding hydrogens is 895 g/mol.